The normalized spacial score (nSPS) is 10.4. The van der Waals surface area contributed by atoms with E-state index in [2.05, 4.69) is 0 Å². The Bertz CT molecular complexity index is 805. The van der Waals surface area contributed by atoms with Gasteiger partial charge in [0, 0.05) is 19.4 Å². The van der Waals surface area contributed by atoms with Gasteiger partial charge in [-0.25, -0.2) is 0 Å². The van der Waals surface area contributed by atoms with Crippen LogP contribution in [-0.2, 0) is 9.59 Å². The molecule has 5 heteroatoms. The van der Waals surface area contributed by atoms with Gasteiger partial charge in [-0.15, -0.1) is 0 Å². The van der Waals surface area contributed by atoms with Gasteiger partial charge in [0.05, 0.1) is 5.56 Å². The third kappa shape index (κ3) is 4.64. The number of ether oxygens (including phenoxy) is 2. The van der Waals surface area contributed by atoms with Crippen LogP contribution in [0.25, 0.3) is 6.08 Å². The number of benzene rings is 2. The fourth-order valence-corrected chi connectivity index (χ4v) is 2.04. The predicted octanol–water partition coefficient (Wildman–Crippen LogP) is 3.43. The smallest absolute Gasteiger partial charge is 0.308 e. The van der Waals surface area contributed by atoms with Crippen molar-refractivity contribution in [3.8, 4) is 11.5 Å². The molecule has 0 amide bonds. The van der Waals surface area contributed by atoms with E-state index in [0.717, 1.165) is 0 Å². The fourth-order valence-electron chi connectivity index (χ4n) is 2.04. The zero-order valence-electron chi connectivity index (χ0n) is 13.3. The van der Waals surface area contributed by atoms with Gasteiger partial charge < -0.3 is 9.47 Å². The molecule has 5 nitrogen and oxygen atoms in total. The minimum Gasteiger partial charge on any atom is -0.426 e. The molecule has 122 valence electrons. The lowest BCUT2D eigenvalue weighted by Gasteiger charge is -2.06. The molecule has 0 atom stereocenters. The maximum absolute atomic E-state index is 12.4. The first kappa shape index (κ1) is 17.1. The number of carbonyl (C=O) groups is 3. The van der Waals surface area contributed by atoms with Crippen LogP contribution in [0, 0.1) is 0 Å². The van der Waals surface area contributed by atoms with Crippen molar-refractivity contribution in [1.29, 1.82) is 0 Å². The van der Waals surface area contributed by atoms with E-state index in [1.807, 2.05) is 0 Å². The van der Waals surface area contributed by atoms with E-state index in [1.54, 1.807) is 54.6 Å². The number of esters is 2. The Morgan fingerprint density at radius 2 is 1.33 bits per heavy atom. The highest BCUT2D eigenvalue weighted by Gasteiger charge is 2.11. The summed E-state index contributed by atoms with van der Waals surface area (Å²) in [5.41, 5.74) is 0.861. The molecule has 0 heterocycles. The van der Waals surface area contributed by atoms with Crippen LogP contribution in [0.5, 0.6) is 11.5 Å². The van der Waals surface area contributed by atoms with E-state index in [0.29, 0.717) is 11.3 Å². The van der Waals surface area contributed by atoms with Gasteiger partial charge >= 0.3 is 11.9 Å². The van der Waals surface area contributed by atoms with E-state index in [-0.39, 0.29) is 17.1 Å². The largest absolute Gasteiger partial charge is 0.426 e. The Hall–Kier alpha value is -3.21. The fraction of sp³-hybridized carbons (Fsp3) is 0.105. The number of para-hydroxylation sites is 2. The topological polar surface area (TPSA) is 69.7 Å². The van der Waals surface area contributed by atoms with Gasteiger partial charge in [0.15, 0.2) is 5.78 Å². The van der Waals surface area contributed by atoms with Crippen molar-refractivity contribution in [2.45, 2.75) is 13.8 Å². The third-order valence-electron chi connectivity index (χ3n) is 2.99. The number of rotatable bonds is 5. The highest BCUT2D eigenvalue weighted by molar-refractivity contribution is 6.09. The highest BCUT2D eigenvalue weighted by Crippen LogP contribution is 2.22. The summed E-state index contributed by atoms with van der Waals surface area (Å²) in [5, 5.41) is 0. The summed E-state index contributed by atoms with van der Waals surface area (Å²) >= 11 is 0. The first-order chi connectivity index (χ1) is 11.5. The minimum atomic E-state index is -0.501. The van der Waals surface area contributed by atoms with Crippen LogP contribution >= 0.6 is 0 Å². The molecule has 0 aliphatic rings. The first-order valence-corrected chi connectivity index (χ1v) is 7.24. The monoisotopic (exact) mass is 324 g/mol. The van der Waals surface area contributed by atoms with Gasteiger partial charge in [-0.05, 0) is 30.4 Å². The lowest BCUT2D eigenvalue weighted by molar-refractivity contribution is -0.132. The van der Waals surface area contributed by atoms with E-state index >= 15 is 0 Å². The number of hydrogen-bond acceptors (Lipinski definition) is 5. The first-order valence-electron chi connectivity index (χ1n) is 7.24. The SMILES string of the molecule is CC(=O)Oc1ccccc1/C=C/C(=O)c1ccccc1OC(C)=O. The van der Waals surface area contributed by atoms with Crippen LogP contribution in [0.2, 0.25) is 0 Å². The Morgan fingerprint density at radius 1 is 0.792 bits per heavy atom. The molecule has 0 saturated carbocycles. The maximum atomic E-state index is 12.4. The molecule has 0 fully saturated rings. The van der Waals surface area contributed by atoms with Crippen molar-refractivity contribution in [2.75, 3.05) is 0 Å². The van der Waals surface area contributed by atoms with Crippen molar-refractivity contribution in [3.05, 3.63) is 65.7 Å². The Morgan fingerprint density at radius 3 is 2.00 bits per heavy atom. The van der Waals surface area contributed by atoms with Crippen LogP contribution in [-0.4, -0.2) is 17.7 Å². The Balaban J connectivity index is 2.26. The van der Waals surface area contributed by atoms with Crippen molar-refractivity contribution in [3.63, 3.8) is 0 Å². The highest BCUT2D eigenvalue weighted by atomic mass is 16.5. The van der Waals surface area contributed by atoms with E-state index in [1.165, 1.54) is 19.9 Å². The second-order valence-electron chi connectivity index (χ2n) is 4.92. The molecular weight excluding hydrogens is 308 g/mol. The zero-order valence-corrected chi connectivity index (χ0v) is 13.3. The predicted molar refractivity (Wildman–Crippen MR) is 88.9 cm³/mol. The summed E-state index contributed by atoms with van der Waals surface area (Å²) in [6.45, 7) is 2.58. The molecule has 0 unspecified atom stereocenters. The van der Waals surface area contributed by atoms with Crippen molar-refractivity contribution in [2.24, 2.45) is 0 Å². The van der Waals surface area contributed by atoms with Crippen LogP contribution < -0.4 is 9.47 Å². The van der Waals surface area contributed by atoms with Gasteiger partial charge in [-0.1, -0.05) is 30.3 Å². The summed E-state index contributed by atoms with van der Waals surface area (Å²) in [6, 6.07) is 13.3. The molecule has 0 aliphatic heterocycles. The second kappa shape index (κ2) is 7.87. The summed E-state index contributed by atoms with van der Waals surface area (Å²) < 4.78 is 10.1. The van der Waals surface area contributed by atoms with E-state index in [9.17, 15) is 14.4 Å². The summed E-state index contributed by atoms with van der Waals surface area (Å²) in [7, 11) is 0. The number of allylic oxidation sites excluding steroid dienone is 1. The van der Waals surface area contributed by atoms with Gasteiger partial charge in [0.2, 0.25) is 0 Å². The molecule has 0 aliphatic carbocycles. The molecule has 0 bridgehead atoms. The number of ketones is 1. The quantitative estimate of drug-likeness (QED) is 0.365. The maximum Gasteiger partial charge on any atom is 0.308 e. The summed E-state index contributed by atoms with van der Waals surface area (Å²) in [4.78, 5) is 34.6. The van der Waals surface area contributed by atoms with Crippen molar-refractivity contribution < 1.29 is 23.9 Å². The molecule has 2 aromatic rings. The van der Waals surface area contributed by atoms with Crippen molar-refractivity contribution >= 4 is 23.8 Å². The molecule has 0 aromatic heterocycles. The average Bonchev–Trinajstić information content (AvgIpc) is 2.53. The van der Waals surface area contributed by atoms with Gasteiger partial charge in [-0.2, -0.15) is 0 Å². The van der Waals surface area contributed by atoms with Gasteiger partial charge in [-0.3, -0.25) is 14.4 Å². The lowest BCUT2D eigenvalue weighted by Crippen LogP contribution is -2.06. The molecule has 0 N–H and O–H groups in total. The number of carbonyl (C=O) groups excluding carboxylic acids is 3. The standard InChI is InChI=1S/C19H16O5/c1-13(20)23-18-9-5-3-7-15(18)11-12-17(22)16-8-4-6-10-19(16)24-14(2)21/h3-12H,1-2H3/b12-11+. The van der Waals surface area contributed by atoms with Gasteiger partial charge in [0.25, 0.3) is 0 Å². The van der Waals surface area contributed by atoms with E-state index < -0.39 is 11.9 Å². The summed E-state index contributed by atoms with van der Waals surface area (Å²) in [6.07, 6.45) is 2.88. The van der Waals surface area contributed by atoms with Crippen LogP contribution in [0.4, 0.5) is 0 Å². The Kier molecular flexibility index (Phi) is 5.63. The third-order valence-corrected chi connectivity index (χ3v) is 2.99. The average molecular weight is 324 g/mol. The second-order valence-corrected chi connectivity index (χ2v) is 4.92. The molecule has 2 aromatic carbocycles. The van der Waals surface area contributed by atoms with Crippen LogP contribution in [0.1, 0.15) is 29.8 Å². The molecule has 0 saturated heterocycles. The molecule has 24 heavy (non-hydrogen) atoms. The number of hydrogen-bond donors (Lipinski definition) is 0. The van der Waals surface area contributed by atoms with Gasteiger partial charge in [0.1, 0.15) is 11.5 Å². The molecule has 0 spiro atoms. The summed E-state index contributed by atoms with van der Waals surface area (Å²) in [5.74, 6) is -0.707. The van der Waals surface area contributed by atoms with Crippen molar-refractivity contribution in [1.82, 2.24) is 0 Å². The van der Waals surface area contributed by atoms with Crippen LogP contribution in [0.15, 0.2) is 54.6 Å². The van der Waals surface area contributed by atoms with Crippen LogP contribution in [0.3, 0.4) is 0 Å². The Labute approximate surface area is 139 Å². The minimum absolute atomic E-state index is 0.202. The zero-order chi connectivity index (χ0) is 17.5. The molecular formula is C19H16O5. The van der Waals surface area contributed by atoms with E-state index in [4.69, 9.17) is 9.47 Å². The lowest BCUT2D eigenvalue weighted by atomic mass is 10.1. The molecule has 0 radical (unpaired) electrons. The molecule has 2 rings (SSSR count).